The van der Waals surface area contributed by atoms with Crippen LogP contribution in [-0.2, 0) is 11.2 Å². The van der Waals surface area contributed by atoms with Gasteiger partial charge in [0.05, 0.1) is 6.42 Å². The van der Waals surface area contributed by atoms with Crippen molar-refractivity contribution in [3.8, 4) is 0 Å². The van der Waals surface area contributed by atoms with Crippen LogP contribution in [0.25, 0.3) is 0 Å². The van der Waals surface area contributed by atoms with Crippen LogP contribution in [0.4, 0.5) is 8.78 Å². The van der Waals surface area contributed by atoms with Crippen LogP contribution < -0.4 is 0 Å². The van der Waals surface area contributed by atoms with E-state index >= 15 is 0 Å². The van der Waals surface area contributed by atoms with Gasteiger partial charge in [0.2, 0.25) is 0 Å². The van der Waals surface area contributed by atoms with E-state index in [1.807, 2.05) is 0 Å². The third kappa shape index (κ3) is 2.38. The minimum Gasteiger partial charge on any atom is -0.481 e. The van der Waals surface area contributed by atoms with E-state index in [0.717, 1.165) is 6.20 Å². The molecule has 76 valence electrons. The Morgan fingerprint density at radius 1 is 1.64 bits per heavy atom. The fourth-order valence-corrected chi connectivity index (χ4v) is 1.22. The predicted molar refractivity (Wildman–Crippen MR) is 45.5 cm³/mol. The molecule has 0 aromatic carbocycles. The number of aromatic nitrogens is 1. The quantitative estimate of drug-likeness (QED) is 0.852. The number of hydrogen-bond acceptors (Lipinski definition) is 2. The van der Waals surface area contributed by atoms with Crippen molar-refractivity contribution in [2.24, 2.45) is 0 Å². The van der Waals surface area contributed by atoms with E-state index in [4.69, 9.17) is 16.7 Å². The summed E-state index contributed by atoms with van der Waals surface area (Å²) in [6, 6.07) is 1.28. The monoisotopic (exact) mass is 221 g/mol. The zero-order chi connectivity index (χ0) is 10.7. The molecule has 0 amide bonds. The van der Waals surface area contributed by atoms with Crippen LogP contribution in [0.15, 0.2) is 12.3 Å². The Bertz CT molecular complexity index is 357. The Morgan fingerprint density at radius 3 is 2.79 bits per heavy atom. The lowest BCUT2D eigenvalue weighted by Crippen LogP contribution is -2.06. The van der Waals surface area contributed by atoms with Gasteiger partial charge in [-0.2, -0.15) is 0 Å². The van der Waals surface area contributed by atoms with Gasteiger partial charge in [-0.05, 0) is 6.07 Å². The van der Waals surface area contributed by atoms with Crippen LogP contribution in [0.1, 0.15) is 17.7 Å². The van der Waals surface area contributed by atoms with E-state index in [-0.39, 0.29) is 10.6 Å². The van der Waals surface area contributed by atoms with Crippen LogP contribution >= 0.6 is 11.6 Å². The number of aliphatic carboxylic acids is 1. The van der Waals surface area contributed by atoms with Gasteiger partial charge in [-0.15, -0.1) is 0 Å². The maximum Gasteiger partial charge on any atom is 0.307 e. The van der Waals surface area contributed by atoms with Crippen molar-refractivity contribution in [3.63, 3.8) is 0 Å². The van der Waals surface area contributed by atoms with Gasteiger partial charge in [0.1, 0.15) is 5.69 Å². The molecule has 0 aliphatic heterocycles. The highest BCUT2D eigenvalue weighted by molar-refractivity contribution is 6.31. The molecule has 6 heteroatoms. The van der Waals surface area contributed by atoms with Gasteiger partial charge in [0, 0.05) is 16.8 Å². The number of hydrogen-bond donors (Lipinski definition) is 1. The summed E-state index contributed by atoms with van der Waals surface area (Å²) in [5.41, 5.74) is -0.698. The molecule has 0 saturated carbocycles. The average molecular weight is 222 g/mol. The number of pyridine rings is 1. The average Bonchev–Trinajstić information content (AvgIpc) is 2.07. The summed E-state index contributed by atoms with van der Waals surface area (Å²) >= 11 is 5.58. The van der Waals surface area contributed by atoms with Gasteiger partial charge < -0.3 is 5.11 Å². The summed E-state index contributed by atoms with van der Waals surface area (Å²) in [5, 5.41) is 8.46. The topological polar surface area (TPSA) is 50.2 Å². The molecule has 0 unspecified atom stereocenters. The summed E-state index contributed by atoms with van der Waals surface area (Å²) in [7, 11) is 0. The van der Waals surface area contributed by atoms with Crippen LogP contribution in [0.3, 0.4) is 0 Å². The number of alkyl halides is 2. The lowest BCUT2D eigenvalue weighted by atomic mass is 10.1. The normalized spacial score (nSPS) is 10.6. The molecule has 0 aliphatic rings. The molecular formula is C8H6ClF2NO2. The molecule has 1 heterocycles. The van der Waals surface area contributed by atoms with E-state index < -0.39 is 24.5 Å². The lowest BCUT2D eigenvalue weighted by Gasteiger charge is -2.06. The minimum atomic E-state index is -2.82. The van der Waals surface area contributed by atoms with Gasteiger partial charge >= 0.3 is 5.97 Å². The number of nitrogens with zero attached hydrogens (tertiary/aromatic N) is 1. The Hall–Kier alpha value is -1.23. The molecule has 0 aliphatic carbocycles. The highest BCUT2D eigenvalue weighted by atomic mass is 35.5. The molecule has 0 bridgehead atoms. The first-order valence-electron chi connectivity index (χ1n) is 3.65. The third-order valence-electron chi connectivity index (χ3n) is 1.57. The van der Waals surface area contributed by atoms with Crippen LogP contribution in [0.2, 0.25) is 5.02 Å². The molecule has 0 spiro atoms. The minimum absolute atomic E-state index is 0.00213. The summed E-state index contributed by atoms with van der Waals surface area (Å²) in [4.78, 5) is 13.8. The van der Waals surface area contributed by atoms with Gasteiger partial charge in [-0.1, -0.05) is 11.6 Å². The van der Waals surface area contributed by atoms with Crippen molar-refractivity contribution in [1.82, 2.24) is 4.98 Å². The van der Waals surface area contributed by atoms with E-state index in [2.05, 4.69) is 4.98 Å². The van der Waals surface area contributed by atoms with E-state index in [0.29, 0.717) is 0 Å². The fraction of sp³-hybridized carbons (Fsp3) is 0.250. The predicted octanol–water partition coefficient (Wildman–Crippen LogP) is 2.30. The number of carboxylic acids is 1. The van der Waals surface area contributed by atoms with Crippen molar-refractivity contribution in [1.29, 1.82) is 0 Å². The molecule has 1 N–H and O–H groups in total. The number of carbonyl (C=O) groups is 1. The Morgan fingerprint density at radius 2 is 2.29 bits per heavy atom. The Labute approximate surface area is 83.3 Å². The fourth-order valence-electron chi connectivity index (χ4n) is 0.998. The number of rotatable bonds is 3. The van der Waals surface area contributed by atoms with Crippen molar-refractivity contribution >= 4 is 17.6 Å². The molecule has 0 saturated heterocycles. The zero-order valence-corrected chi connectivity index (χ0v) is 7.63. The van der Waals surface area contributed by atoms with Crippen LogP contribution in [0, 0.1) is 0 Å². The van der Waals surface area contributed by atoms with Crippen molar-refractivity contribution < 1.29 is 18.7 Å². The first-order valence-corrected chi connectivity index (χ1v) is 4.03. The van der Waals surface area contributed by atoms with Gasteiger partial charge in [-0.3, -0.25) is 9.78 Å². The summed E-state index contributed by atoms with van der Waals surface area (Å²) in [5.74, 6) is -1.22. The first-order chi connectivity index (χ1) is 6.52. The summed E-state index contributed by atoms with van der Waals surface area (Å²) in [6.45, 7) is 0. The largest absolute Gasteiger partial charge is 0.481 e. The maximum atomic E-state index is 12.3. The zero-order valence-electron chi connectivity index (χ0n) is 6.88. The van der Waals surface area contributed by atoms with E-state index in [1.165, 1.54) is 6.07 Å². The van der Waals surface area contributed by atoms with Crippen molar-refractivity contribution in [2.45, 2.75) is 12.8 Å². The van der Waals surface area contributed by atoms with Gasteiger partial charge in [-0.25, -0.2) is 8.78 Å². The first kappa shape index (κ1) is 10.8. The summed E-state index contributed by atoms with van der Waals surface area (Å²) in [6.07, 6.45) is -2.25. The second-order valence-electron chi connectivity index (χ2n) is 2.53. The second kappa shape index (κ2) is 4.32. The Kier molecular flexibility index (Phi) is 3.35. The molecule has 14 heavy (non-hydrogen) atoms. The maximum absolute atomic E-state index is 12.3. The van der Waals surface area contributed by atoms with Crippen LogP contribution in [-0.4, -0.2) is 16.1 Å². The highest BCUT2D eigenvalue weighted by Crippen LogP contribution is 2.26. The van der Waals surface area contributed by atoms with Gasteiger partial charge in [0.25, 0.3) is 6.43 Å². The van der Waals surface area contributed by atoms with Crippen LogP contribution in [0.5, 0.6) is 0 Å². The van der Waals surface area contributed by atoms with Crippen molar-refractivity contribution in [3.05, 3.63) is 28.5 Å². The van der Waals surface area contributed by atoms with E-state index in [9.17, 15) is 13.6 Å². The van der Waals surface area contributed by atoms with Gasteiger partial charge in [0.15, 0.2) is 0 Å². The van der Waals surface area contributed by atoms with Crippen molar-refractivity contribution in [2.75, 3.05) is 0 Å². The molecule has 3 nitrogen and oxygen atoms in total. The summed E-state index contributed by atoms with van der Waals surface area (Å²) < 4.78 is 24.7. The molecule has 1 aromatic rings. The Balaban J connectivity index is 3.15. The molecule has 1 aromatic heterocycles. The SMILES string of the molecule is O=C(O)Cc1c(Cl)ccnc1C(F)F. The smallest absolute Gasteiger partial charge is 0.307 e. The lowest BCUT2D eigenvalue weighted by molar-refractivity contribution is -0.136. The standard InChI is InChI=1S/C8H6ClF2NO2/c9-5-1-2-12-7(8(10)11)4(5)3-6(13)14/h1-2,8H,3H2,(H,13,14). The van der Waals surface area contributed by atoms with E-state index in [1.54, 1.807) is 0 Å². The molecule has 0 atom stereocenters. The second-order valence-corrected chi connectivity index (χ2v) is 2.93. The molecular weight excluding hydrogens is 216 g/mol. The number of carboxylic acid groups (broad SMARTS) is 1. The highest BCUT2D eigenvalue weighted by Gasteiger charge is 2.18. The molecule has 0 fully saturated rings. The number of halogens is 3. The molecule has 1 rings (SSSR count). The third-order valence-corrected chi connectivity index (χ3v) is 1.92. The molecule has 0 radical (unpaired) electrons.